The number of halogens is 2. The van der Waals surface area contributed by atoms with Crippen LogP contribution in [0.2, 0.25) is 10.0 Å². The van der Waals surface area contributed by atoms with Crippen LogP contribution < -0.4 is 9.47 Å². The van der Waals surface area contributed by atoms with Crippen LogP contribution in [-0.4, -0.2) is 14.2 Å². The molecule has 4 aromatic carbocycles. The molecule has 0 aliphatic carbocycles. The van der Waals surface area contributed by atoms with Gasteiger partial charge in [-0.15, -0.1) is 0 Å². The summed E-state index contributed by atoms with van der Waals surface area (Å²) >= 11 is 12.9. The number of hydrogen-bond donors (Lipinski definition) is 0. The molecular weight excluding hydrogens is 343 g/mol. The summed E-state index contributed by atoms with van der Waals surface area (Å²) in [5.74, 6) is 1.36. The molecule has 0 aliphatic rings. The molecule has 0 amide bonds. The molecule has 0 atom stereocenters. The third-order valence-corrected chi connectivity index (χ3v) is 5.21. The maximum Gasteiger partial charge on any atom is 0.138 e. The summed E-state index contributed by atoms with van der Waals surface area (Å²) in [6.07, 6.45) is 0. The number of ether oxygens (including phenoxy) is 2. The molecule has 4 rings (SSSR count). The zero-order valence-electron chi connectivity index (χ0n) is 13.2. The van der Waals surface area contributed by atoms with Gasteiger partial charge in [-0.25, -0.2) is 0 Å². The minimum absolute atomic E-state index is 0.629. The van der Waals surface area contributed by atoms with Crippen molar-refractivity contribution >= 4 is 55.5 Å². The molecular formula is C20H14Cl2O2. The second-order valence-corrected chi connectivity index (χ2v) is 6.34. The van der Waals surface area contributed by atoms with Crippen molar-refractivity contribution in [3.8, 4) is 11.5 Å². The highest BCUT2D eigenvalue weighted by Crippen LogP contribution is 2.40. The second-order valence-electron chi connectivity index (χ2n) is 5.58. The Hall–Kier alpha value is -2.16. The molecule has 2 nitrogen and oxygen atoms in total. The molecule has 0 saturated carbocycles. The molecule has 4 heteroatoms. The number of methoxy groups -OCH3 is 2. The van der Waals surface area contributed by atoms with Gasteiger partial charge in [0, 0.05) is 10.8 Å². The lowest BCUT2D eigenvalue weighted by Gasteiger charge is -2.12. The van der Waals surface area contributed by atoms with Crippen LogP contribution in [0.25, 0.3) is 32.3 Å². The Labute approximate surface area is 149 Å². The first-order valence-electron chi connectivity index (χ1n) is 7.50. The van der Waals surface area contributed by atoms with Crippen LogP contribution in [0.5, 0.6) is 11.5 Å². The van der Waals surface area contributed by atoms with Crippen molar-refractivity contribution in [1.29, 1.82) is 0 Å². The van der Waals surface area contributed by atoms with E-state index in [1.807, 2.05) is 36.4 Å². The Bertz CT molecular complexity index is 1010. The van der Waals surface area contributed by atoms with E-state index in [9.17, 15) is 0 Å². The van der Waals surface area contributed by atoms with Gasteiger partial charge >= 0.3 is 0 Å². The van der Waals surface area contributed by atoms with E-state index >= 15 is 0 Å². The Kier molecular flexibility index (Phi) is 3.67. The third-order valence-electron chi connectivity index (χ3n) is 4.43. The summed E-state index contributed by atoms with van der Waals surface area (Å²) in [5, 5.41) is 7.65. The average Bonchev–Trinajstić information content (AvgIpc) is 2.62. The quantitative estimate of drug-likeness (QED) is 0.383. The predicted molar refractivity (Wildman–Crippen MR) is 102 cm³/mol. The number of hydrogen-bond acceptors (Lipinski definition) is 2. The normalized spacial score (nSPS) is 11.3. The van der Waals surface area contributed by atoms with Crippen molar-refractivity contribution in [3.63, 3.8) is 0 Å². The molecule has 0 radical (unpaired) electrons. The van der Waals surface area contributed by atoms with E-state index in [0.717, 1.165) is 32.3 Å². The fourth-order valence-corrected chi connectivity index (χ4v) is 3.85. The standard InChI is InChI=1S/C20H14Cl2O2/c1-23-17-9-7-13-11-4-6-16-14(8-10-18(24-2)20(16)22)12(11)3-5-15(13)19(17)21/h3-10H,1-2H3. The van der Waals surface area contributed by atoms with Crippen LogP contribution in [0.4, 0.5) is 0 Å². The van der Waals surface area contributed by atoms with E-state index in [1.165, 1.54) is 0 Å². The SMILES string of the molecule is COc1ccc2c(ccc3c4ccc(OC)c(Cl)c4ccc23)c1Cl. The van der Waals surface area contributed by atoms with Gasteiger partial charge in [0.15, 0.2) is 0 Å². The van der Waals surface area contributed by atoms with E-state index in [2.05, 4.69) is 12.1 Å². The minimum atomic E-state index is 0.629. The van der Waals surface area contributed by atoms with Crippen molar-refractivity contribution in [2.45, 2.75) is 0 Å². The summed E-state index contributed by atoms with van der Waals surface area (Å²) in [4.78, 5) is 0. The molecule has 4 aromatic rings. The lowest BCUT2D eigenvalue weighted by atomic mass is 9.97. The first-order valence-corrected chi connectivity index (χ1v) is 8.25. The zero-order chi connectivity index (χ0) is 16.8. The van der Waals surface area contributed by atoms with Crippen molar-refractivity contribution in [2.24, 2.45) is 0 Å². The Morgan fingerprint density at radius 2 is 0.792 bits per heavy atom. The summed E-state index contributed by atoms with van der Waals surface area (Å²) in [6.45, 7) is 0. The molecule has 120 valence electrons. The van der Waals surface area contributed by atoms with Gasteiger partial charge in [0.25, 0.3) is 0 Å². The summed E-state index contributed by atoms with van der Waals surface area (Å²) in [5.41, 5.74) is 0. The zero-order valence-corrected chi connectivity index (χ0v) is 14.7. The topological polar surface area (TPSA) is 18.5 Å². The fourth-order valence-electron chi connectivity index (χ4n) is 3.24. The van der Waals surface area contributed by atoms with Crippen LogP contribution in [0.15, 0.2) is 48.5 Å². The van der Waals surface area contributed by atoms with Gasteiger partial charge < -0.3 is 9.47 Å². The van der Waals surface area contributed by atoms with Crippen molar-refractivity contribution < 1.29 is 9.47 Å². The molecule has 0 fully saturated rings. The minimum Gasteiger partial charge on any atom is -0.495 e. The Morgan fingerprint density at radius 3 is 1.17 bits per heavy atom. The third kappa shape index (κ3) is 2.10. The Balaban J connectivity index is 2.13. The van der Waals surface area contributed by atoms with E-state index < -0.39 is 0 Å². The predicted octanol–water partition coefficient (Wildman–Crippen LogP) is 6.47. The molecule has 0 heterocycles. The van der Waals surface area contributed by atoms with Gasteiger partial charge in [0.05, 0.1) is 24.3 Å². The first kappa shape index (κ1) is 15.4. The number of benzene rings is 4. The van der Waals surface area contributed by atoms with E-state index in [-0.39, 0.29) is 0 Å². The van der Waals surface area contributed by atoms with Gasteiger partial charge in [0.1, 0.15) is 11.5 Å². The molecule has 0 saturated heterocycles. The average molecular weight is 357 g/mol. The molecule has 0 aromatic heterocycles. The molecule has 0 aliphatic heterocycles. The monoisotopic (exact) mass is 356 g/mol. The molecule has 0 bridgehead atoms. The van der Waals surface area contributed by atoms with E-state index in [4.69, 9.17) is 32.7 Å². The van der Waals surface area contributed by atoms with Crippen molar-refractivity contribution in [1.82, 2.24) is 0 Å². The lowest BCUT2D eigenvalue weighted by molar-refractivity contribution is 0.415. The van der Waals surface area contributed by atoms with Crippen LogP contribution in [-0.2, 0) is 0 Å². The molecule has 24 heavy (non-hydrogen) atoms. The van der Waals surface area contributed by atoms with Gasteiger partial charge in [-0.1, -0.05) is 47.5 Å². The van der Waals surface area contributed by atoms with Crippen molar-refractivity contribution in [3.05, 3.63) is 58.6 Å². The van der Waals surface area contributed by atoms with Gasteiger partial charge in [-0.3, -0.25) is 0 Å². The van der Waals surface area contributed by atoms with E-state index in [0.29, 0.717) is 21.5 Å². The van der Waals surface area contributed by atoms with Gasteiger partial charge in [-0.05, 0) is 45.8 Å². The summed E-state index contributed by atoms with van der Waals surface area (Å²) in [6, 6.07) is 16.1. The first-order chi connectivity index (χ1) is 11.7. The van der Waals surface area contributed by atoms with Crippen LogP contribution >= 0.6 is 23.2 Å². The molecule has 0 N–H and O–H groups in total. The second kappa shape index (κ2) is 5.73. The number of fused-ring (bicyclic) bond motifs is 5. The van der Waals surface area contributed by atoms with Gasteiger partial charge in [0.2, 0.25) is 0 Å². The highest BCUT2D eigenvalue weighted by atomic mass is 35.5. The summed E-state index contributed by atoms with van der Waals surface area (Å²) < 4.78 is 10.6. The number of rotatable bonds is 2. The maximum atomic E-state index is 6.46. The van der Waals surface area contributed by atoms with E-state index in [1.54, 1.807) is 14.2 Å². The highest BCUT2D eigenvalue weighted by molar-refractivity contribution is 6.39. The van der Waals surface area contributed by atoms with Crippen molar-refractivity contribution in [2.75, 3.05) is 14.2 Å². The Morgan fingerprint density at radius 1 is 0.500 bits per heavy atom. The van der Waals surface area contributed by atoms with Gasteiger partial charge in [-0.2, -0.15) is 0 Å². The van der Waals surface area contributed by atoms with Crippen LogP contribution in [0.3, 0.4) is 0 Å². The highest BCUT2D eigenvalue weighted by Gasteiger charge is 2.12. The molecule has 0 spiro atoms. The fraction of sp³-hybridized carbons (Fsp3) is 0.100. The molecule has 0 unspecified atom stereocenters. The lowest BCUT2D eigenvalue weighted by Crippen LogP contribution is -1.88. The largest absolute Gasteiger partial charge is 0.495 e. The van der Waals surface area contributed by atoms with Crippen LogP contribution in [0.1, 0.15) is 0 Å². The maximum absolute atomic E-state index is 6.46. The smallest absolute Gasteiger partial charge is 0.138 e. The summed E-state index contributed by atoms with van der Waals surface area (Å²) in [7, 11) is 3.24. The van der Waals surface area contributed by atoms with Crippen LogP contribution in [0, 0.1) is 0 Å².